The van der Waals surface area contributed by atoms with E-state index in [0.29, 0.717) is 17.2 Å². The predicted molar refractivity (Wildman–Crippen MR) is 83.4 cm³/mol. The van der Waals surface area contributed by atoms with Crippen LogP contribution in [0.15, 0.2) is 0 Å². The molecule has 1 amide bonds. The van der Waals surface area contributed by atoms with E-state index in [1.807, 2.05) is 0 Å². The predicted octanol–water partition coefficient (Wildman–Crippen LogP) is 3.54. The standard InChI is InChI=1S/C17H32N2O/c1-5-7-8-14-16(20)19(15(18-14)13(3)4)12-17(9-6-2)10-11-17/h13-15,18H,5-12H2,1-4H3. The number of unbranched alkanes of at least 4 members (excludes halogenated alkanes) is 1. The molecule has 1 heterocycles. The summed E-state index contributed by atoms with van der Waals surface area (Å²) in [6.45, 7) is 9.88. The summed E-state index contributed by atoms with van der Waals surface area (Å²) in [5.74, 6) is 0.850. The second-order valence-electron chi connectivity index (χ2n) is 7.27. The second-order valence-corrected chi connectivity index (χ2v) is 7.27. The molecule has 1 aliphatic heterocycles. The molecule has 0 aromatic carbocycles. The van der Waals surface area contributed by atoms with Gasteiger partial charge in [0.15, 0.2) is 0 Å². The topological polar surface area (TPSA) is 32.3 Å². The van der Waals surface area contributed by atoms with Gasteiger partial charge in [0, 0.05) is 6.54 Å². The van der Waals surface area contributed by atoms with Crippen LogP contribution in [0.1, 0.15) is 72.6 Å². The number of nitrogens with zero attached hydrogens (tertiary/aromatic N) is 1. The van der Waals surface area contributed by atoms with Crippen LogP contribution in [0.2, 0.25) is 0 Å². The highest BCUT2D eigenvalue weighted by atomic mass is 16.2. The zero-order chi connectivity index (χ0) is 14.8. The molecule has 1 saturated carbocycles. The molecule has 3 nitrogen and oxygen atoms in total. The summed E-state index contributed by atoms with van der Waals surface area (Å²) < 4.78 is 0. The Balaban J connectivity index is 2.02. The molecule has 2 rings (SSSR count). The number of nitrogens with one attached hydrogen (secondary N) is 1. The number of hydrogen-bond acceptors (Lipinski definition) is 2. The zero-order valence-corrected chi connectivity index (χ0v) is 13.7. The van der Waals surface area contributed by atoms with Crippen LogP contribution in [0, 0.1) is 11.3 Å². The lowest BCUT2D eigenvalue weighted by Crippen LogP contribution is -2.44. The SMILES string of the molecule is CCCCC1NC(C(C)C)N(CC2(CCC)CC2)C1=O. The fraction of sp³-hybridized carbons (Fsp3) is 0.941. The monoisotopic (exact) mass is 280 g/mol. The molecular formula is C17H32N2O. The highest BCUT2D eigenvalue weighted by Crippen LogP contribution is 2.50. The maximum absolute atomic E-state index is 12.7. The Labute approximate surface area is 124 Å². The Kier molecular flexibility index (Phi) is 5.11. The van der Waals surface area contributed by atoms with Gasteiger partial charge < -0.3 is 4.90 Å². The van der Waals surface area contributed by atoms with Crippen molar-refractivity contribution >= 4 is 5.91 Å². The van der Waals surface area contributed by atoms with Gasteiger partial charge in [-0.05, 0) is 37.0 Å². The van der Waals surface area contributed by atoms with Crippen molar-refractivity contribution in [1.82, 2.24) is 10.2 Å². The lowest BCUT2D eigenvalue weighted by Gasteiger charge is -2.31. The first-order valence-electron chi connectivity index (χ1n) is 8.59. The quantitative estimate of drug-likeness (QED) is 0.737. The van der Waals surface area contributed by atoms with E-state index >= 15 is 0 Å². The highest BCUT2D eigenvalue weighted by Gasteiger charge is 2.48. The van der Waals surface area contributed by atoms with Crippen molar-refractivity contribution < 1.29 is 4.79 Å². The van der Waals surface area contributed by atoms with Crippen LogP contribution in [0.25, 0.3) is 0 Å². The average molecular weight is 280 g/mol. The van der Waals surface area contributed by atoms with Gasteiger partial charge in [-0.15, -0.1) is 0 Å². The Hall–Kier alpha value is -0.570. The molecule has 2 fully saturated rings. The molecule has 0 radical (unpaired) electrons. The molecule has 116 valence electrons. The van der Waals surface area contributed by atoms with E-state index in [0.717, 1.165) is 25.8 Å². The van der Waals surface area contributed by atoms with Gasteiger partial charge in [0.1, 0.15) is 0 Å². The number of hydrogen-bond donors (Lipinski definition) is 1. The molecular weight excluding hydrogens is 248 g/mol. The van der Waals surface area contributed by atoms with E-state index in [4.69, 9.17) is 0 Å². The molecule has 2 unspecified atom stereocenters. The molecule has 0 aromatic rings. The van der Waals surface area contributed by atoms with Gasteiger partial charge in [-0.3, -0.25) is 10.1 Å². The van der Waals surface area contributed by atoms with Crippen molar-refractivity contribution in [2.24, 2.45) is 11.3 Å². The first kappa shape index (κ1) is 15.8. The summed E-state index contributed by atoms with van der Waals surface area (Å²) in [6, 6.07) is 0.0692. The molecule has 0 aromatic heterocycles. The number of carbonyl (C=O) groups is 1. The van der Waals surface area contributed by atoms with Gasteiger partial charge in [0.25, 0.3) is 0 Å². The van der Waals surface area contributed by atoms with Crippen LogP contribution in [0.5, 0.6) is 0 Å². The third-order valence-electron chi connectivity index (χ3n) is 5.01. The molecule has 0 bridgehead atoms. The van der Waals surface area contributed by atoms with Crippen molar-refractivity contribution in [3.63, 3.8) is 0 Å². The summed E-state index contributed by atoms with van der Waals surface area (Å²) in [4.78, 5) is 14.9. The average Bonchev–Trinajstić information content (AvgIpc) is 3.09. The third kappa shape index (κ3) is 3.36. The minimum absolute atomic E-state index is 0.0692. The van der Waals surface area contributed by atoms with E-state index in [-0.39, 0.29) is 12.2 Å². The Bertz CT molecular complexity index is 336. The van der Waals surface area contributed by atoms with Gasteiger partial charge in [0.2, 0.25) is 5.91 Å². The van der Waals surface area contributed by atoms with Crippen molar-refractivity contribution in [1.29, 1.82) is 0 Å². The summed E-state index contributed by atoms with van der Waals surface area (Å²) >= 11 is 0. The maximum Gasteiger partial charge on any atom is 0.241 e. The van der Waals surface area contributed by atoms with Gasteiger partial charge in [-0.1, -0.05) is 47.0 Å². The molecule has 3 heteroatoms. The minimum atomic E-state index is 0.0692. The molecule has 1 saturated heterocycles. The van der Waals surface area contributed by atoms with Gasteiger partial charge in [-0.2, -0.15) is 0 Å². The third-order valence-corrected chi connectivity index (χ3v) is 5.01. The van der Waals surface area contributed by atoms with Crippen molar-refractivity contribution in [2.75, 3.05) is 6.54 Å². The van der Waals surface area contributed by atoms with E-state index < -0.39 is 0 Å². The molecule has 1 aliphatic carbocycles. The van der Waals surface area contributed by atoms with Gasteiger partial charge in [0.05, 0.1) is 12.2 Å². The summed E-state index contributed by atoms with van der Waals surface area (Å²) in [5, 5.41) is 3.59. The number of amides is 1. The van der Waals surface area contributed by atoms with E-state index in [9.17, 15) is 4.79 Å². The van der Waals surface area contributed by atoms with Crippen molar-refractivity contribution in [3.8, 4) is 0 Å². The van der Waals surface area contributed by atoms with Crippen molar-refractivity contribution in [3.05, 3.63) is 0 Å². The first-order valence-corrected chi connectivity index (χ1v) is 8.59. The Morgan fingerprint density at radius 1 is 1.30 bits per heavy atom. The van der Waals surface area contributed by atoms with E-state index in [2.05, 4.69) is 37.9 Å². The summed E-state index contributed by atoms with van der Waals surface area (Å²) in [7, 11) is 0. The number of rotatable bonds is 8. The van der Waals surface area contributed by atoms with Crippen LogP contribution in [-0.2, 0) is 4.79 Å². The molecule has 20 heavy (non-hydrogen) atoms. The van der Waals surface area contributed by atoms with E-state index in [1.54, 1.807) is 0 Å². The summed E-state index contributed by atoms with van der Waals surface area (Å²) in [5.41, 5.74) is 0.457. The van der Waals surface area contributed by atoms with Crippen LogP contribution < -0.4 is 5.32 Å². The minimum Gasteiger partial charge on any atom is -0.325 e. The molecule has 2 atom stereocenters. The molecule has 0 spiro atoms. The lowest BCUT2D eigenvalue weighted by atomic mass is 9.99. The van der Waals surface area contributed by atoms with Gasteiger partial charge in [-0.25, -0.2) is 0 Å². The smallest absolute Gasteiger partial charge is 0.241 e. The zero-order valence-electron chi connectivity index (χ0n) is 13.7. The Morgan fingerprint density at radius 3 is 2.50 bits per heavy atom. The fourth-order valence-electron chi connectivity index (χ4n) is 3.60. The highest BCUT2D eigenvalue weighted by molar-refractivity contribution is 5.84. The van der Waals surface area contributed by atoms with Crippen molar-refractivity contribution in [2.45, 2.75) is 84.8 Å². The lowest BCUT2D eigenvalue weighted by molar-refractivity contribution is -0.131. The van der Waals surface area contributed by atoms with Crippen LogP contribution in [0.4, 0.5) is 0 Å². The molecule has 1 N–H and O–H groups in total. The Morgan fingerprint density at radius 2 is 2.00 bits per heavy atom. The second kappa shape index (κ2) is 6.46. The van der Waals surface area contributed by atoms with Crippen LogP contribution in [-0.4, -0.2) is 29.6 Å². The normalized spacial score (nSPS) is 28.4. The first-order chi connectivity index (χ1) is 9.53. The molecule has 2 aliphatic rings. The van der Waals surface area contributed by atoms with Crippen LogP contribution in [0.3, 0.4) is 0 Å². The van der Waals surface area contributed by atoms with Gasteiger partial charge >= 0.3 is 0 Å². The maximum atomic E-state index is 12.7. The van der Waals surface area contributed by atoms with E-state index in [1.165, 1.54) is 25.7 Å². The summed E-state index contributed by atoms with van der Waals surface area (Å²) in [6.07, 6.45) is 8.70. The number of carbonyl (C=O) groups excluding carboxylic acids is 1. The fourth-order valence-corrected chi connectivity index (χ4v) is 3.60. The van der Waals surface area contributed by atoms with Crippen LogP contribution >= 0.6 is 0 Å². The largest absolute Gasteiger partial charge is 0.325 e.